The van der Waals surface area contributed by atoms with Crippen LogP contribution >= 0.6 is 0 Å². The van der Waals surface area contributed by atoms with Crippen molar-refractivity contribution in [3.63, 3.8) is 0 Å². The number of aromatic hydroxyl groups is 1. The summed E-state index contributed by atoms with van der Waals surface area (Å²) in [5.41, 5.74) is 4.78. The molecule has 4 aromatic carbocycles. The van der Waals surface area contributed by atoms with Crippen LogP contribution < -0.4 is 4.31 Å². The Balaban J connectivity index is 1.65. The van der Waals surface area contributed by atoms with Crippen LogP contribution in [0.5, 0.6) is 5.75 Å². The van der Waals surface area contributed by atoms with Gasteiger partial charge in [-0.3, -0.25) is 19.2 Å². The van der Waals surface area contributed by atoms with Gasteiger partial charge in [0.1, 0.15) is 11.6 Å². The molecule has 1 aliphatic rings. The molecular weight excluding hydrogens is 599 g/mol. The van der Waals surface area contributed by atoms with E-state index in [1.165, 1.54) is 30.3 Å². The molecule has 0 aromatic heterocycles. The first-order valence-electron chi connectivity index (χ1n) is 14.6. The van der Waals surface area contributed by atoms with Gasteiger partial charge in [0.25, 0.3) is 15.7 Å². The van der Waals surface area contributed by atoms with E-state index in [2.05, 4.69) is 0 Å². The average Bonchev–Trinajstić information content (AvgIpc) is 3.40. The third-order valence-corrected chi connectivity index (χ3v) is 9.99. The molecule has 1 aliphatic carbocycles. The molecule has 11 heteroatoms. The van der Waals surface area contributed by atoms with Gasteiger partial charge >= 0.3 is 5.97 Å². The van der Waals surface area contributed by atoms with Crippen LogP contribution in [-0.4, -0.2) is 31.0 Å². The Labute approximate surface area is 261 Å². The standard InChI is InChI=1S/C34H33FN2O7S/c1-4-44-33(39)17-13-23-12-14-24(20-29(23)35)36(45(42,43)32-11-6-5-10-31(32)37(40)41)30-16-15-26-27(30)8-7-9-28(26)34-21(2)18-25(38)19-22(34)3/h5-12,14,18-20,30,38H,4,13,15-17H2,1-3H3. The van der Waals surface area contributed by atoms with E-state index in [1.54, 1.807) is 19.1 Å². The zero-order chi connectivity index (χ0) is 32.5. The van der Waals surface area contributed by atoms with Crippen LogP contribution in [0.2, 0.25) is 0 Å². The highest BCUT2D eigenvalue weighted by atomic mass is 32.2. The van der Waals surface area contributed by atoms with Gasteiger partial charge in [-0.25, -0.2) is 12.8 Å². The maximum absolute atomic E-state index is 15.5. The number of esters is 1. The predicted molar refractivity (Wildman–Crippen MR) is 168 cm³/mol. The van der Waals surface area contributed by atoms with E-state index in [9.17, 15) is 28.4 Å². The fourth-order valence-electron chi connectivity index (χ4n) is 6.24. The summed E-state index contributed by atoms with van der Waals surface area (Å²) in [5, 5.41) is 22.0. The van der Waals surface area contributed by atoms with Gasteiger partial charge in [-0.1, -0.05) is 36.4 Å². The van der Waals surface area contributed by atoms with Crippen molar-refractivity contribution in [2.24, 2.45) is 0 Å². The zero-order valence-corrected chi connectivity index (χ0v) is 25.9. The fourth-order valence-corrected chi connectivity index (χ4v) is 8.05. The summed E-state index contributed by atoms with van der Waals surface area (Å²) in [4.78, 5) is 22.5. The molecule has 1 N–H and O–H groups in total. The second-order valence-electron chi connectivity index (χ2n) is 11.0. The summed E-state index contributed by atoms with van der Waals surface area (Å²) in [6.45, 7) is 5.67. The lowest BCUT2D eigenvalue weighted by atomic mass is 9.90. The van der Waals surface area contributed by atoms with Crippen LogP contribution in [0.3, 0.4) is 0 Å². The molecule has 1 unspecified atom stereocenters. The van der Waals surface area contributed by atoms with Gasteiger partial charge < -0.3 is 9.84 Å². The minimum absolute atomic E-state index is 0.00535. The summed E-state index contributed by atoms with van der Waals surface area (Å²) in [6, 6.07) is 17.3. The number of benzene rings is 4. The van der Waals surface area contributed by atoms with E-state index in [-0.39, 0.29) is 36.4 Å². The second kappa shape index (κ2) is 12.7. The molecule has 0 radical (unpaired) electrons. The number of nitrogens with zero attached hydrogens (tertiary/aromatic N) is 2. The number of carbonyl (C=O) groups is 1. The molecular formula is C34H33FN2O7S. The van der Waals surface area contributed by atoms with Crippen molar-refractivity contribution in [1.82, 2.24) is 0 Å². The topological polar surface area (TPSA) is 127 Å². The van der Waals surface area contributed by atoms with E-state index < -0.39 is 43.4 Å². The number of sulfonamides is 1. The summed E-state index contributed by atoms with van der Waals surface area (Å²) < 4.78 is 50.4. The highest BCUT2D eigenvalue weighted by Gasteiger charge is 2.40. The van der Waals surface area contributed by atoms with Crippen molar-refractivity contribution >= 4 is 27.4 Å². The van der Waals surface area contributed by atoms with E-state index >= 15 is 4.39 Å². The molecule has 5 rings (SSSR count). The Kier molecular flexibility index (Phi) is 8.92. The molecule has 0 amide bonds. The normalized spacial score (nSPS) is 14.2. The van der Waals surface area contributed by atoms with Gasteiger partial charge in [-0.15, -0.1) is 0 Å². The largest absolute Gasteiger partial charge is 0.508 e. The number of phenols is 1. The number of para-hydroxylation sites is 1. The summed E-state index contributed by atoms with van der Waals surface area (Å²) in [6.07, 6.45) is 0.855. The van der Waals surface area contributed by atoms with Crippen LogP contribution in [0.1, 0.15) is 53.6 Å². The van der Waals surface area contributed by atoms with E-state index in [0.29, 0.717) is 18.4 Å². The van der Waals surface area contributed by atoms with Crippen LogP contribution in [-0.2, 0) is 32.4 Å². The Morgan fingerprint density at radius 2 is 1.78 bits per heavy atom. The van der Waals surface area contributed by atoms with E-state index in [1.807, 2.05) is 32.0 Å². The molecule has 0 aliphatic heterocycles. The number of hydrogen-bond acceptors (Lipinski definition) is 7. The first kappa shape index (κ1) is 31.6. The fraction of sp³-hybridized carbons (Fsp3) is 0.265. The van der Waals surface area contributed by atoms with Gasteiger partial charge in [-0.2, -0.15) is 0 Å². The number of anilines is 1. The molecule has 0 heterocycles. The van der Waals surface area contributed by atoms with Gasteiger partial charge in [0, 0.05) is 12.5 Å². The lowest BCUT2D eigenvalue weighted by Gasteiger charge is -2.31. The van der Waals surface area contributed by atoms with E-state index in [0.717, 1.165) is 44.3 Å². The zero-order valence-electron chi connectivity index (χ0n) is 25.1. The quantitative estimate of drug-likeness (QED) is 0.112. The number of carbonyl (C=O) groups excluding carboxylic acids is 1. The Morgan fingerprint density at radius 3 is 2.44 bits per heavy atom. The summed E-state index contributed by atoms with van der Waals surface area (Å²) in [5.74, 6) is -1.03. The highest BCUT2D eigenvalue weighted by molar-refractivity contribution is 7.93. The number of nitro groups is 1. The van der Waals surface area contributed by atoms with Crippen molar-refractivity contribution in [3.05, 3.63) is 117 Å². The molecule has 0 fully saturated rings. The van der Waals surface area contributed by atoms with Gasteiger partial charge in [-0.05, 0) is 109 Å². The molecule has 0 spiro atoms. The van der Waals surface area contributed by atoms with Crippen molar-refractivity contribution in [2.45, 2.75) is 57.4 Å². The molecule has 0 bridgehead atoms. The van der Waals surface area contributed by atoms with Crippen LogP contribution in [0.4, 0.5) is 15.8 Å². The molecule has 4 aromatic rings. The molecule has 9 nitrogen and oxygen atoms in total. The second-order valence-corrected chi connectivity index (χ2v) is 12.8. The molecule has 0 saturated carbocycles. The highest BCUT2D eigenvalue weighted by Crippen LogP contribution is 2.46. The SMILES string of the molecule is CCOC(=O)CCc1ccc(N(C2CCc3c(-c4c(C)cc(O)cc4C)cccc32)S(=O)(=O)c2ccccc2[N+](=O)[O-])cc1F. The maximum atomic E-state index is 15.5. The monoisotopic (exact) mass is 632 g/mol. The van der Waals surface area contributed by atoms with Crippen molar-refractivity contribution in [3.8, 4) is 16.9 Å². The maximum Gasteiger partial charge on any atom is 0.306 e. The van der Waals surface area contributed by atoms with Crippen molar-refractivity contribution < 1.29 is 32.4 Å². The molecule has 234 valence electrons. The number of aryl methyl sites for hydroxylation is 3. The minimum Gasteiger partial charge on any atom is -0.508 e. The summed E-state index contributed by atoms with van der Waals surface area (Å²) in [7, 11) is -4.60. The van der Waals surface area contributed by atoms with Gasteiger partial charge in [0.05, 0.1) is 23.3 Å². The van der Waals surface area contributed by atoms with Crippen LogP contribution in [0.15, 0.2) is 77.7 Å². The third kappa shape index (κ3) is 6.12. The molecule has 45 heavy (non-hydrogen) atoms. The minimum atomic E-state index is -4.60. The average molecular weight is 633 g/mol. The number of halogens is 1. The van der Waals surface area contributed by atoms with E-state index in [4.69, 9.17) is 4.74 Å². The van der Waals surface area contributed by atoms with Crippen LogP contribution in [0, 0.1) is 29.8 Å². The molecule has 0 saturated heterocycles. The Morgan fingerprint density at radius 1 is 1.07 bits per heavy atom. The van der Waals surface area contributed by atoms with Crippen molar-refractivity contribution in [1.29, 1.82) is 0 Å². The number of nitro benzene ring substituents is 1. The van der Waals surface area contributed by atoms with Crippen LogP contribution in [0.25, 0.3) is 11.1 Å². The Hall–Kier alpha value is -4.77. The lowest BCUT2D eigenvalue weighted by molar-refractivity contribution is -0.387. The molecule has 1 atom stereocenters. The van der Waals surface area contributed by atoms with Gasteiger partial charge in [0.2, 0.25) is 0 Å². The Bertz CT molecular complexity index is 1890. The number of fused-ring (bicyclic) bond motifs is 1. The van der Waals surface area contributed by atoms with Crippen molar-refractivity contribution in [2.75, 3.05) is 10.9 Å². The number of hydrogen-bond donors (Lipinski definition) is 1. The smallest absolute Gasteiger partial charge is 0.306 e. The number of ether oxygens (including phenoxy) is 1. The number of rotatable bonds is 10. The van der Waals surface area contributed by atoms with Gasteiger partial charge in [0.15, 0.2) is 4.90 Å². The summed E-state index contributed by atoms with van der Waals surface area (Å²) >= 11 is 0. The predicted octanol–water partition coefficient (Wildman–Crippen LogP) is 7.10. The number of phenolic OH excluding ortho intramolecular Hbond substituents is 1. The first-order valence-corrected chi connectivity index (χ1v) is 16.0. The lowest BCUT2D eigenvalue weighted by Crippen LogP contribution is -2.34. The first-order chi connectivity index (χ1) is 21.4. The third-order valence-electron chi connectivity index (χ3n) is 8.10.